The average molecular weight is 383 g/mol. The fourth-order valence-electron chi connectivity index (χ4n) is 3.29. The predicted octanol–water partition coefficient (Wildman–Crippen LogP) is 3.17. The highest BCUT2D eigenvalue weighted by Gasteiger charge is 2.18. The number of benzene rings is 2. The van der Waals surface area contributed by atoms with Gasteiger partial charge in [0.1, 0.15) is 0 Å². The van der Waals surface area contributed by atoms with E-state index in [1.54, 1.807) is 28.8 Å². The molecule has 0 amide bonds. The molecule has 0 spiro atoms. The van der Waals surface area contributed by atoms with E-state index >= 15 is 0 Å². The lowest BCUT2D eigenvalue weighted by molar-refractivity contribution is 0.516. The minimum absolute atomic E-state index is 0.137. The van der Waals surface area contributed by atoms with E-state index in [2.05, 4.69) is 5.10 Å². The summed E-state index contributed by atoms with van der Waals surface area (Å²) in [7, 11) is 0. The molecule has 0 N–H and O–H groups in total. The minimum atomic E-state index is -0.293. The van der Waals surface area contributed by atoms with Crippen LogP contribution in [0.1, 0.15) is 19.4 Å². The van der Waals surface area contributed by atoms with Crippen LogP contribution in [0.5, 0.6) is 0 Å². The van der Waals surface area contributed by atoms with Crippen LogP contribution in [0.3, 0.4) is 0 Å². The van der Waals surface area contributed by atoms with Gasteiger partial charge >= 0.3 is 5.69 Å². The molecule has 7 heteroatoms. The second-order valence-corrected chi connectivity index (χ2v) is 7.40. The lowest BCUT2D eigenvalue weighted by atomic mass is 10.2. The van der Waals surface area contributed by atoms with Crippen molar-refractivity contribution in [1.82, 2.24) is 18.7 Å². The number of fused-ring (bicyclic) bond motifs is 3. The summed E-state index contributed by atoms with van der Waals surface area (Å²) >= 11 is 6.24. The Morgan fingerprint density at radius 2 is 1.74 bits per heavy atom. The molecule has 0 radical (unpaired) electrons. The number of para-hydroxylation sites is 1. The molecule has 6 nitrogen and oxygen atoms in total. The summed E-state index contributed by atoms with van der Waals surface area (Å²) in [6, 6.07) is 14.5. The van der Waals surface area contributed by atoms with Crippen molar-refractivity contribution in [2.24, 2.45) is 5.92 Å². The third-order valence-corrected chi connectivity index (χ3v) is 4.88. The third kappa shape index (κ3) is 2.96. The van der Waals surface area contributed by atoms with Gasteiger partial charge < -0.3 is 0 Å². The Balaban J connectivity index is 2.03. The van der Waals surface area contributed by atoms with Crippen LogP contribution in [0.15, 0.2) is 58.1 Å². The van der Waals surface area contributed by atoms with Crippen LogP contribution in [-0.2, 0) is 13.1 Å². The molecule has 0 fully saturated rings. The van der Waals surface area contributed by atoms with E-state index in [0.29, 0.717) is 28.2 Å². The molecule has 2 aromatic carbocycles. The first-order valence-corrected chi connectivity index (χ1v) is 9.19. The van der Waals surface area contributed by atoms with Crippen molar-refractivity contribution in [2.45, 2.75) is 26.9 Å². The van der Waals surface area contributed by atoms with Crippen molar-refractivity contribution in [3.8, 4) is 0 Å². The molecule has 2 heterocycles. The van der Waals surface area contributed by atoms with Gasteiger partial charge in [-0.1, -0.05) is 55.8 Å². The first-order chi connectivity index (χ1) is 13.0. The molecule has 0 aliphatic heterocycles. The Hall–Kier alpha value is -2.86. The van der Waals surface area contributed by atoms with Gasteiger partial charge in [-0.2, -0.15) is 0 Å². The molecule has 27 heavy (non-hydrogen) atoms. The molecule has 0 saturated heterocycles. The number of halogens is 1. The second kappa shape index (κ2) is 6.70. The molecule has 2 aromatic heterocycles. The monoisotopic (exact) mass is 382 g/mol. The molecular weight excluding hydrogens is 364 g/mol. The average Bonchev–Trinajstić information content (AvgIpc) is 2.97. The molecule has 0 bridgehead atoms. The van der Waals surface area contributed by atoms with Crippen LogP contribution in [0.25, 0.3) is 16.7 Å². The highest BCUT2D eigenvalue weighted by molar-refractivity contribution is 6.31. The van der Waals surface area contributed by atoms with Crippen molar-refractivity contribution >= 4 is 28.3 Å². The predicted molar refractivity (Wildman–Crippen MR) is 107 cm³/mol. The Morgan fingerprint density at radius 3 is 2.48 bits per heavy atom. The highest BCUT2D eigenvalue weighted by atomic mass is 35.5. The molecule has 0 atom stereocenters. The summed E-state index contributed by atoms with van der Waals surface area (Å²) in [5, 5.41) is 5.56. The lowest BCUT2D eigenvalue weighted by Gasteiger charge is -2.11. The van der Waals surface area contributed by atoms with Crippen molar-refractivity contribution in [2.75, 3.05) is 0 Å². The lowest BCUT2D eigenvalue weighted by Crippen LogP contribution is -2.27. The molecule has 4 rings (SSSR count). The number of nitrogens with zero attached hydrogens (tertiary/aromatic N) is 4. The van der Waals surface area contributed by atoms with Gasteiger partial charge in [0.15, 0.2) is 0 Å². The maximum Gasteiger partial charge on any atom is 0.352 e. The number of aromatic nitrogens is 4. The summed E-state index contributed by atoms with van der Waals surface area (Å²) in [5.74, 6) is 0.584. The van der Waals surface area contributed by atoms with Crippen molar-refractivity contribution in [3.63, 3.8) is 0 Å². The summed E-state index contributed by atoms with van der Waals surface area (Å²) in [5.41, 5.74) is 0.931. The number of rotatable bonds is 4. The molecule has 0 saturated carbocycles. The zero-order valence-electron chi connectivity index (χ0n) is 15.1. The SMILES string of the molecule is CC(C)Cn1c(=O)c2ccccc2n2c(=O)n(Cc3ccccc3Cl)nc12. The van der Waals surface area contributed by atoms with Crippen LogP contribution in [-0.4, -0.2) is 18.7 Å². The zero-order chi connectivity index (χ0) is 19.1. The Morgan fingerprint density at radius 1 is 1.04 bits per heavy atom. The topological polar surface area (TPSA) is 61.3 Å². The van der Waals surface area contributed by atoms with Gasteiger partial charge in [0, 0.05) is 11.6 Å². The van der Waals surface area contributed by atoms with Crippen LogP contribution < -0.4 is 11.2 Å². The first-order valence-electron chi connectivity index (χ1n) is 8.82. The van der Waals surface area contributed by atoms with Gasteiger partial charge in [-0.25, -0.2) is 13.9 Å². The molecule has 138 valence electrons. The standard InChI is InChI=1S/C20H19ClN4O2/c1-13(2)11-23-18(26)15-8-4-6-10-17(15)25-19(23)22-24(20(25)27)12-14-7-3-5-9-16(14)21/h3-10,13H,11-12H2,1-2H3. The molecule has 0 aliphatic rings. The van der Waals surface area contributed by atoms with E-state index in [1.165, 1.54) is 9.08 Å². The van der Waals surface area contributed by atoms with Gasteiger partial charge in [-0.3, -0.25) is 9.36 Å². The summed E-state index contributed by atoms with van der Waals surface area (Å²) in [6.07, 6.45) is 0. The Kier molecular flexibility index (Phi) is 4.36. The molecule has 0 unspecified atom stereocenters. The van der Waals surface area contributed by atoms with E-state index in [1.807, 2.05) is 38.1 Å². The maximum atomic E-state index is 13.1. The van der Waals surface area contributed by atoms with Gasteiger partial charge in [-0.15, -0.1) is 5.10 Å². The van der Waals surface area contributed by atoms with Gasteiger partial charge in [-0.05, 0) is 29.7 Å². The fraction of sp³-hybridized carbons (Fsp3) is 0.250. The number of hydrogen-bond acceptors (Lipinski definition) is 3. The molecule has 4 aromatic rings. The van der Waals surface area contributed by atoms with E-state index in [-0.39, 0.29) is 23.7 Å². The van der Waals surface area contributed by atoms with E-state index in [4.69, 9.17) is 11.6 Å². The third-order valence-electron chi connectivity index (χ3n) is 4.51. The number of hydrogen-bond donors (Lipinski definition) is 0. The van der Waals surface area contributed by atoms with Crippen LogP contribution >= 0.6 is 11.6 Å². The van der Waals surface area contributed by atoms with Crippen LogP contribution in [0.2, 0.25) is 5.02 Å². The zero-order valence-corrected chi connectivity index (χ0v) is 15.8. The largest absolute Gasteiger partial charge is 0.352 e. The van der Waals surface area contributed by atoms with Crippen molar-refractivity contribution < 1.29 is 0 Å². The normalized spacial score (nSPS) is 11.7. The summed E-state index contributed by atoms with van der Waals surface area (Å²) in [6.45, 7) is 4.77. The summed E-state index contributed by atoms with van der Waals surface area (Å²) < 4.78 is 4.45. The van der Waals surface area contributed by atoms with E-state index in [0.717, 1.165) is 5.56 Å². The van der Waals surface area contributed by atoms with Crippen molar-refractivity contribution in [1.29, 1.82) is 0 Å². The fourth-order valence-corrected chi connectivity index (χ4v) is 3.48. The van der Waals surface area contributed by atoms with E-state index in [9.17, 15) is 9.59 Å². The van der Waals surface area contributed by atoms with E-state index < -0.39 is 0 Å². The van der Waals surface area contributed by atoms with Crippen LogP contribution in [0, 0.1) is 5.92 Å². The van der Waals surface area contributed by atoms with Crippen LogP contribution in [0.4, 0.5) is 0 Å². The quantitative estimate of drug-likeness (QED) is 0.544. The van der Waals surface area contributed by atoms with Gasteiger partial charge in [0.05, 0.1) is 17.4 Å². The van der Waals surface area contributed by atoms with Gasteiger partial charge in [0.25, 0.3) is 5.56 Å². The Bertz CT molecular complexity index is 1270. The summed E-state index contributed by atoms with van der Waals surface area (Å²) in [4.78, 5) is 26.1. The second-order valence-electron chi connectivity index (χ2n) is 6.99. The Labute approximate surface area is 160 Å². The van der Waals surface area contributed by atoms with Crippen molar-refractivity contribution in [3.05, 3.63) is 80.0 Å². The highest BCUT2D eigenvalue weighted by Crippen LogP contribution is 2.16. The minimum Gasteiger partial charge on any atom is -0.276 e. The first kappa shape index (κ1) is 17.5. The molecular formula is C20H19ClN4O2. The molecule has 0 aliphatic carbocycles. The van der Waals surface area contributed by atoms with Gasteiger partial charge in [0.2, 0.25) is 5.78 Å². The maximum absolute atomic E-state index is 13.1. The smallest absolute Gasteiger partial charge is 0.276 e.